The van der Waals surface area contributed by atoms with Crippen molar-refractivity contribution < 1.29 is 9.53 Å². The van der Waals surface area contributed by atoms with Crippen LogP contribution in [0.4, 0.5) is 0 Å². The minimum atomic E-state index is -0.243. The third-order valence-corrected chi connectivity index (χ3v) is 2.56. The van der Waals surface area contributed by atoms with Gasteiger partial charge in [-0.3, -0.25) is 4.79 Å². The van der Waals surface area contributed by atoms with Crippen molar-refractivity contribution in [1.82, 2.24) is 0 Å². The SMILES string of the molecule is COC(=O)Cc1c(C)cccc1CCC#N. The van der Waals surface area contributed by atoms with E-state index in [-0.39, 0.29) is 12.4 Å². The van der Waals surface area contributed by atoms with E-state index in [0.717, 1.165) is 16.7 Å². The van der Waals surface area contributed by atoms with Crippen LogP contribution in [0.2, 0.25) is 0 Å². The molecule has 16 heavy (non-hydrogen) atoms. The van der Waals surface area contributed by atoms with Crippen LogP contribution in [0, 0.1) is 18.3 Å². The monoisotopic (exact) mass is 217 g/mol. The summed E-state index contributed by atoms with van der Waals surface area (Å²) < 4.78 is 4.66. The molecule has 0 aliphatic heterocycles. The molecule has 1 aromatic carbocycles. The lowest BCUT2D eigenvalue weighted by Crippen LogP contribution is -2.08. The van der Waals surface area contributed by atoms with Crippen LogP contribution < -0.4 is 0 Å². The lowest BCUT2D eigenvalue weighted by molar-refractivity contribution is -0.139. The molecule has 1 rings (SSSR count). The Hall–Kier alpha value is -1.82. The number of nitrogens with zero attached hydrogens (tertiary/aromatic N) is 1. The molecule has 0 saturated carbocycles. The van der Waals surface area contributed by atoms with E-state index in [0.29, 0.717) is 12.8 Å². The standard InChI is InChI=1S/C13H15NO2/c1-10-5-3-6-11(7-4-8-14)12(10)9-13(15)16-2/h3,5-6H,4,7,9H2,1-2H3. The first kappa shape index (κ1) is 12.3. The largest absolute Gasteiger partial charge is 0.469 e. The summed E-state index contributed by atoms with van der Waals surface area (Å²) >= 11 is 0. The highest BCUT2D eigenvalue weighted by molar-refractivity contribution is 5.73. The van der Waals surface area contributed by atoms with Gasteiger partial charge in [-0.05, 0) is 30.0 Å². The zero-order valence-corrected chi connectivity index (χ0v) is 9.62. The summed E-state index contributed by atoms with van der Waals surface area (Å²) in [6, 6.07) is 7.99. The van der Waals surface area contributed by atoms with Crippen molar-refractivity contribution in [1.29, 1.82) is 5.26 Å². The molecule has 0 fully saturated rings. The van der Waals surface area contributed by atoms with Crippen molar-refractivity contribution in [3.63, 3.8) is 0 Å². The van der Waals surface area contributed by atoms with Crippen molar-refractivity contribution in [3.05, 3.63) is 34.9 Å². The zero-order chi connectivity index (χ0) is 12.0. The van der Waals surface area contributed by atoms with E-state index in [1.165, 1.54) is 7.11 Å². The Balaban J connectivity index is 2.94. The summed E-state index contributed by atoms with van der Waals surface area (Å²) in [6.45, 7) is 1.97. The van der Waals surface area contributed by atoms with E-state index in [9.17, 15) is 4.79 Å². The summed E-state index contributed by atoms with van der Waals surface area (Å²) in [4.78, 5) is 11.3. The van der Waals surface area contributed by atoms with Gasteiger partial charge in [-0.1, -0.05) is 18.2 Å². The van der Waals surface area contributed by atoms with Gasteiger partial charge in [0.2, 0.25) is 0 Å². The Morgan fingerprint density at radius 1 is 1.50 bits per heavy atom. The number of aryl methyl sites for hydroxylation is 2. The number of methoxy groups -OCH3 is 1. The Kier molecular flexibility index (Phi) is 4.53. The van der Waals surface area contributed by atoms with Gasteiger partial charge in [0, 0.05) is 6.42 Å². The Morgan fingerprint density at radius 2 is 2.25 bits per heavy atom. The second-order valence-electron chi connectivity index (χ2n) is 3.62. The van der Waals surface area contributed by atoms with Crippen LogP contribution in [0.3, 0.4) is 0 Å². The lowest BCUT2D eigenvalue weighted by Gasteiger charge is -2.10. The van der Waals surface area contributed by atoms with Gasteiger partial charge in [-0.2, -0.15) is 5.26 Å². The maximum Gasteiger partial charge on any atom is 0.309 e. The number of esters is 1. The lowest BCUT2D eigenvalue weighted by atomic mass is 9.96. The summed E-state index contributed by atoms with van der Waals surface area (Å²) in [6.07, 6.45) is 1.44. The minimum absolute atomic E-state index is 0.243. The van der Waals surface area contributed by atoms with Gasteiger partial charge in [0.05, 0.1) is 19.6 Å². The first-order valence-electron chi connectivity index (χ1n) is 5.20. The maximum atomic E-state index is 11.3. The predicted molar refractivity (Wildman–Crippen MR) is 60.8 cm³/mol. The van der Waals surface area contributed by atoms with Gasteiger partial charge in [0.15, 0.2) is 0 Å². The summed E-state index contributed by atoms with van der Waals surface area (Å²) in [7, 11) is 1.38. The molecule has 0 radical (unpaired) electrons. The predicted octanol–water partition coefficient (Wildman–Crippen LogP) is 2.17. The van der Waals surface area contributed by atoms with Crippen LogP contribution in [-0.2, 0) is 22.4 Å². The fraction of sp³-hybridized carbons (Fsp3) is 0.385. The maximum absolute atomic E-state index is 11.3. The topological polar surface area (TPSA) is 50.1 Å². The molecular formula is C13H15NO2. The van der Waals surface area contributed by atoms with Gasteiger partial charge in [-0.25, -0.2) is 0 Å². The van der Waals surface area contributed by atoms with E-state index < -0.39 is 0 Å². The molecule has 3 heteroatoms. The van der Waals surface area contributed by atoms with Crippen molar-refractivity contribution in [2.75, 3.05) is 7.11 Å². The van der Waals surface area contributed by atoms with Gasteiger partial charge < -0.3 is 4.74 Å². The van der Waals surface area contributed by atoms with E-state index in [1.54, 1.807) is 0 Å². The van der Waals surface area contributed by atoms with Gasteiger partial charge in [0.1, 0.15) is 0 Å². The quantitative estimate of drug-likeness (QED) is 0.726. The Labute approximate surface area is 95.7 Å². The van der Waals surface area contributed by atoms with Crippen LogP contribution in [0.15, 0.2) is 18.2 Å². The van der Waals surface area contributed by atoms with Crippen LogP contribution >= 0.6 is 0 Å². The first-order valence-corrected chi connectivity index (χ1v) is 5.20. The molecule has 3 nitrogen and oxygen atoms in total. The fourth-order valence-electron chi connectivity index (χ4n) is 1.66. The average Bonchev–Trinajstić information content (AvgIpc) is 2.29. The van der Waals surface area contributed by atoms with Gasteiger partial charge in [0.25, 0.3) is 0 Å². The highest BCUT2D eigenvalue weighted by Crippen LogP contribution is 2.17. The van der Waals surface area contributed by atoms with Crippen molar-refractivity contribution in [2.24, 2.45) is 0 Å². The number of rotatable bonds is 4. The third kappa shape index (κ3) is 3.09. The smallest absolute Gasteiger partial charge is 0.309 e. The zero-order valence-electron chi connectivity index (χ0n) is 9.62. The number of ether oxygens (including phenoxy) is 1. The Morgan fingerprint density at radius 3 is 2.88 bits per heavy atom. The van der Waals surface area contributed by atoms with E-state index in [1.807, 2.05) is 25.1 Å². The molecule has 84 valence electrons. The van der Waals surface area contributed by atoms with Crippen LogP contribution in [-0.4, -0.2) is 13.1 Å². The summed E-state index contributed by atoms with van der Waals surface area (Å²) in [5.41, 5.74) is 3.12. The van der Waals surface area contributed by atoms with E-state index >= 15 is 0 Å². The van der Waals surface area contributed by atoms with Crippen LogP contribution in [0.1, 0.15) is 23.1 Å². The highest BCUT2D eigenvalue weighted by atomic mass is 16.5. The molecule has 0 atom stereocenters. The molecule has 0 bridgehead atoms. The third-order valence-electron chi connectivity index (χ3n) is 2.56. The van der Waals surface area contributed by atoms with Crippen molar-refractivity contribution in [3.8, 4) is 6.07 Å². The second-order valence-corrected chi connectivity index (χ2v) is 3.62. The summed E-state index contributed by atoms with van der Waals surface area (Å²) in [5, 5.41) is 8.57. The molecule has 0 saturated heterocycles. The molecule has 0 aliphatic carbocycles. The van der Waals surface area contributed by atoms with Gasteiger partial charge >= 0.3 is 5.97 Å². The number of benzene rings is 1. The van der Waals surface area contributed by atoms with Crippen LogP contribution in [0.5, 0.6) is 0 Å². The molecule has 0 unspecified atom stereocenters. The molecule has 0 amide bonds. The Bertz CT molecular complexity index is 418. The molecule has 0 heterocycles. The molecular weight excluding hydrogens is 202 g/mol. The number of hydrogen-bond donors (Lipinski definition) is 0. The normalized spacial score (nSPS) is 9.56. The molecule has 0 aliphatic rings. The number of carbonyl (C=O) groups excluding carboxylic acids is 1. The summed E-state index contributed by atoms with van der Waals surface area (Å²) in [5.74, 6) is -0.243. The highest BCUT2D eigenvalue weighted by Gasteiger charge is 2.10. The van der Waals surface area contributed by atoms with Crippen LogP contribution in [0.25, 0.3) is 0 Å². The second kappa shape index (κ2) is 5.92. The number of nitriles is 1. The fourth-order valence-corrected chi connectivity index (χ4v) is 1.66. The minimum Gasteiger partial charge on any atom is -0.469 e. The molecule has 0 N–H and O–H groups in total. The number of carbonyl (C=O) groups is 1. The number of hydrogen-bond acceptors (Lipinski definition) is 3. The molecule has 0 aromatic heterocycles. The van der Waals surface area contributed by atoms with E-state index in [4.69, 9.17) is 5.26 Å². The van der Waals surface area contributed by atoms with Crippen molar-refractivity contribution >= 4 is 5.97 Å². The van der Waals surface area contributed by atoms with Crippen molar-refractivity contribution in [2.45, 2.75) is 26.2 Å². The van der Waals surface area contributed by atoms with E-state index in [2.05, 4.69) is 10.8 Å². The first-order chi connectivity index (χ1) is 7.69. The van der Waals surface area contributed by atoms with Gasteiger partial charge in [-0.15, -0.1) is 0 Å². The molecule has 1 aromatic rings. The average molecular weight is 217 g/mol. The molecule has 0 spiro atoms.